The van der Waals surface area contributed by atoms with Crippen LogP contribution in [0.1, 0.15) is 29.7 Å². The number of carbonyl (C=O) groups is 1. The summed E-state index contributed by atoms with van der Waals surface area (Å²) in [4.78, 5) is 27.6. The highest BCUT2D eigenvalue weighted by Crippen LogP contribution is 2.16. The van der Waals surface area contributed by atoms with Crippen molar-refractivity contribution in [2.24, 2.45) is 4.99 Å². The van der Waals surface area contributed by atoms with Crippen molar-refractivity contribution in [3.8, 4) is 0 Å². The largest absolute Gasteiger partial charge is 0.444 e. The molecule has 0 saturated carbocycles. The monoisotopic (exact) mass is 429 g/mol. The van der Waals surface area contributed by atoms with Crippen molar-refractivity contribution in [2.45, 2.75) is 32.0 Å². The van der Waals surface area contributed by atoms with Gasteiger partial charge in [-0.15, -0.1) is 0 Å². The van der Waals surface area contributed by atoms with Gasteiger partial charge in [0.15, 0.2) is 0 Å². The summed E-state index contributed by atoms with van der Waals surface area (Å²) in [6.45, 7) is 3.23. The number of nitrogens with zero attached hydrogens (tertiary/aromatic N) is 4. The molecule has 7 nitrogen and oxygen atoms in total. The maximum atomic E-state index is 12.0. The van der Waals surface area contributed by atoms with E-state index >= 15 is 0 Å². The van der Waals surface area contributed by atoms with Gasteiger partial charge in [-0.1, -0.05) is 60.7 Å². The van der Waals surface area contributed by atoms with Gasteiger partial charge in [0.05, 0.1) is 11.7 Å². The van der Waals surface area contributed by atoms with E-state index in [0.717, 1.165) is 38.0 Å². The van der Waals surface area contributed by atoms with E-state index in [1.807, 2.05) is 36.4 Å². The standard InChI is InChI=1S/C25H27N5O2/c31-25(32-19-21-9-5-2-6-10-21)29-24-26-14-11-23(28-24)17-27-22-12-15-30(16-13-22)18-20-7-3-1-4-8-20/h1-11,14,17,22H,12-13,15-16,18-19H2,(H,26,28,29,31). The Morgan fingerprint density at radius 1 is 1.03 bits per heavy atom. The molecule has 0 unspecified atom stereocenters. The fourth-order valence-corrected chi connectivity index (χ4v) is 3.61. The zero-order valence-corrected chi connectivity index (χ0v) is 17.9. The van der Waals surface area contributed by atoms with Crippen molar-refractivity contribution in [3.63, 3.8) is 0 Å². The molecule has 1 amide bonds. The van der Waals surface area contributed by atoms with Gasteiger partial charge in [0.25, 0.3) is 0 Å². The number of nitrogens with one attached hydrogen (secondary N) is 1. The van der Waals surface area contributed by atoms with Crippen LogP contribution in [0.4, 0.5) is 10.7 Å². The fraction of sp³-hybridized carbons (Fsp3) is 0.280. The molecular formula is C25H27N5O2. The lowest BCUT2D eigenvalue weighted by atomic mass is 10.0. The van der Waals surface area contributed by atoms with Crippen molar-refractivity contribution >= 4 is 18.3 Å². The van der Waals surface area contributed by atoms with E-state index in [1.54, 1.807) is 18.5 Å². The number of benzene rings is 2. The molecule has 0 aliphatic carbocycles. The number of hydrogen-bond acceptors (Lipinski definition) is 6. The number of likely N-dealkylation sites (tertiary alicyclic amines) is 1. The summed E-state index contributed by atoms with van der Waals surface area (Å²) in [5.74, 6) is 0.199. The van der Waals surface area contributed by atoms with Crippen LogP contribution in [0.2, 0.25) is 0 Å². The first-order valence-corrected chi connectivity index (χ1v) is 10.8. The van der Waals surface area contributed by atoms with Crippen molar-refractivity contribution in [1.82, 2.24) is 14.9 Å². The van der Waals surface area contributed by atoms with Gasteiger partial charge in [-0.3, -0.25) is 15.2 Å². The average Bonchev–Trinajstić information content (AvgIpc) is 2.84. The molecule has 1 fully saturated rings. The molecule has 32 heavy (non-hydrogen) atoms. The van der Waals surface area contributed by atoms with E-state index in [9.17, 15) is 4.79 Å². The van der Waals surface area contributed by atoms with E-state index in [1.165, 1.54) is 5.56 Å². The van der Waals surface area contributed by atoms with Crippen molar-refractivity contribution in [2.75, 3.05) is 18.4 Å². The number of ether oxygens (including phenoxy) is 1. The molecule has 0 bridgehead atoms. The first kappa shape index (κ1) is 21.6. The number of rotatable bonds is 7. The zero-order chi connectivity index (χ0) is 22.0. The van der Waals surface area contributed by atoms with Gasteiger partial charge >= 0.3 is 6.09 Å². The van der Waals surface area contributed by atoms with Gasteiger partial charge in [-0.25, -0.2) is 14.8 Å². The molecule has 3 aromatic rings. The van der Waals surface area contributed by atoms with Gasteiger partial charge in [-0.05, 0) is 30.0 Å². The minimum absolute atomic E-state index is 0.191. The van der Waals surface area contributed by atoms with Crippen LogP contribution in [-0.2, 0) is 17.9 Å². The zero-order valence-electron chi connectivity index (χ0n) is 17.9. The number of aromatic nitrogens is 2. The molecular weight excluding hydrogens is 402 g/mol. The molecule has 2 heterocycles. The van der Waals surface area contributed by atoms with Gasteiger partial charge in [0.1, 0.15) is 6.61 Å². The molecule has 0 radical (unpaired) electrons. The van der Waals surface area contributed by atoms with Gasteiger partial charge < -0.3 is 4.74 Å². The fourth-order valence-electron chi connectivity index (χ4n) is 3.61. The van der Waals surface area contributed by atoms with Gasteiger partial charge in [-0.2, -0.15) is 0 Å². The number of carbonyl (C=O) groups excluding carboxylic acids is 1. The summed E-state index contributed by atoms with van der Waals surface area (Å²) < 4.78 is 5.21. The van der Waals surface area contributed by atoms with Crippen LogP contribution in [-0.4, -0.2) is 46.3 Å². The molecule has 1 aliphatic heterocycles. The summed E-state index contributed by atoms with van der Waals surface area (Å²) in [5.41, 5.74) is 2.92. The molecule has 0 spiro atoms. The third-order valence-corrected chi connectivity index (χ3v) is 5.33. The number of piperidine rings is 1. The maximum Gasteiger partial charge on any atom is 0.414 e. The molecule has 4 rings (SSSR count). The molecule has 1 N–H and O–H groups in total. The highest BCUT2D eigenvalue weighted by Gasteiger charge is 2.18. The number of amides is 1. The average molecular weight is 430 g/mol. The van der Waals surface area contributed by atoms with Crippen molar-refractivity contribution < 1.29 is 9.53 Å². The summed E-state index contributed by atoms with van der Waals surface area (Å²) in [6.07, 6.45) is 4.81. The first-order valence-electron chi connectivity index (χ1n) is 10.8. The Bertz CT molecular complexity index is 1020. The third-order valence-electron chi connectivity index (χ3n) is 5.33. The van der Waals surface area contributed by atoms with E-state index in [2.05, 4.69) is 44.5 Å². The Morgan fingerprint density at radius 2 is 1.72 bits per heavy atom. The molecule has 164 valence electrons. The topological polar surface area (TPSA) is 79.7 Å². The first-order chi connectivity index (χ1) is 15.7. The Morgan fingerprint density at radius 3 is 2.44 bits per heavy atom. The predicted molar refractivity (Wildman–Crippen MR) is 125 cm³/mol. The number of aliphatic imine (C=N–C) groups is 1. The SMILES string of the molecule is O=C(Nc1nccc(C=NC2CCN(Cc3ccccc3)CC2)n1)OCc1ccccc1. The lowest BCUT2D eigenvalue weighted by molar-refractivity contribution is 0.155. The predicted octanol–water partition coefficient (Wildman–Crippen LogP) is 4.31. The molecule has 0 atom stereocenters. The van der Waals surface area contributed by atoms with E-state index < -0.39 is 6.09 Å². The summed E-state index contributed by atoms with van der Waals surface area (Å²) in [6, 6.07) is 22.1. The van der Waals surface area contributed by atoms with Crippen molar-refractivity contribution in [1.29, 1.82) is 0 Å². The highest BCUT2D eigenvalue weighted by atomic mass is 16.5. The molecule has 2 aromatic carbocycles. The second-order valence-corrected chi connectivity index (χ2v) is 7.76. The Hall–Kier alpha value is -3.58. The number of hydrogen-bond donors (Lipinski definition) is 1. The van der Waals surface area contributed by atoms with Gasteiger partial charge in [0, 0.05) is 32.0 Å². The summed E-state index contributed by atoms with van der Waals surface area (Å²) in [7, 11) is 0. The second kappa shape index (κ2) is 11.2. The van der Waals surface area contributed by atoms with E-state index in [4.69, 9.17) is 9.73 Å². The minimum atomic E-state index is -0.589. The smallest absolute Gasteiger partial charge is 0.414 e. The molecule has 7 heteroatoms. The molecule has 1 aliphatic rings. The summed E-state index contributed by atoms with van der Waals surface area (Å²) >= 11 is 0. The number of anilines is 1. The van der Waals surface area contributed by atoms with E-state index in [-0.39, 0.29) is 18.6 Å². The van der Waals surface area contributed by atoms with Crippen LogP contribution in [0.3, 0.4) is 0 Å². The summed E-state index contributed by atoms with van der Waals surface area (Å²) in [5, 5.41) is 2.57. The normalized spacial score (nSPS) is 15.0. The van der Waals surface area contributed by atoms with Crippen LogP contribution >= 0.6 is 0 Å². The lowest BCUT2D eigenvalue weighted by Crippen LogP contribution is -2.34. The Kier molecular flexibility index (Phi) is 7.55. The van der Waals surface area contributed by atoms with Crippen LogP contribution in [0.25, 0.3) is 0 Å². The minimum Gasteiger partial charge on any atom is -0.444 e. The van der Waals surface area contributed by atoms with Crippen LogP contribution in [0.5, 0.6) is 0 Å². The van der Waals surface area contributed by atoms with Crippen molar-refractivity contribution in [3.05, 3.63) is 89.7 Å². The second-order valence-electron chi connectivity index (χ2n) is 7.76. The Balaban J connectivity index is 1.23. The maximum absolute atomic E-state index is 12.0. The van der Waals surface area contributed by atoms with Crippen LogP contribution in [0, 0.1) is 0 Å². The molecule has 1 saturated heterocycles. The van der Waals surface area contributed by atoms with Crippen LogP contribution < -0.4 is 5.32 Å². The Labute approximate surface area is 188 Å². The quantitative estimate of drug-likeness (QED) is 0.566. The van der Waals surface area contributed by atoms with E-state index in [0.29, 0.717) is 5.69 Å². The third kappa shape index (κ3) is 6.72. The van der Waals surface area contributed by atoms with Gasteiger partial charge in [0.2, 0.25) is 5.95 Å². The lowest BCUT2D eigenvalue weighted by Gasteiger charge is -2.30. The highest BCUT2D eigenvalue weighted by molar-refractivity contribution is 5.83. The molecule has 1 aromatic heterocycles. The van der Waals surface area contributed by atoms with Crippen LogP contribution in [0.15, 0.2) is 77.9 Å².